The van der Waals surface area contributed by atoms with Crippen LogP contribution in [0.15, 0.2) is 47.4 Å². The standard InChI is InChI=1S/C23H30N2O4S/c1-16-5-6-17(2)22(15-16)30(27,28)25-13-11-20(12-14-25)23(26)24-18(3)19-7-9-21(29-4)10-8-19/h5-10,15,18,20H,11-14H2,1-4H3,(H,24,26)/t18-/m1/s1. The fraction of sp³-hybridized carbons (Fsp3) is 0.435. The van der Waals surface area contributed by atoms with E-state index in [0.29, 0.717) is 30.8 Å². The number of piperidine rings is 1. The summed E-state index contributed by atoms with van der Waals surface area (Å²) >= 11 is 0. The number of rotatable bonds is 6. The highest BCUT2D eigenvalue weighted by molar-refractivity contribution is 7.89. The number of hydrogen-bond donors (Lipinski definition) is 1. The summed E-state index contributed by atoms with van der Waals surface area (Å²) in [4.78, 5) is 13.1. The summed E-state index contributed by atoms with van der Waals surface area (Å²) in [7, 11) is -1.93. The third kappa shape index (κ3) is 4.84. The van der Waals surface area contributed by atoms with Crippen molar-refractivity contribution in [2.75, 3.05) is 20.2 Å². The predicted octanol–water partition coefficient (Wildman–Crippen LogP) is 3.59. The van der Waals surface area contributed by atoms with E-state index in [-0.39, 0.29) is 17.9 Å². The summed E-state index contributed by atoms with van der Waals surface area (Å²) in [6, 6.07) is 13.0. The molecule has 1 aliphatic heterocycles. The van der Waals surface area contributed by atoms with Crippen LogP contribution in [0, 0.1) is 19.8 Å². The fourth-order valence-corrected chi connectivity index (χ4v) is 5.57. The van der Waals surface area contributed by atoms with Crippen LogP contribution in [-0.4, -0.2) is 38.8 Å². The van der Waals surface area contributed by atoms with Crippen LogP contribution in [-0.2, 0) is 14.8 Å². The molecule has 1 heterocycles. The van der Waals surface area contributed by atoms with Crippen LogP contribution in [0.5, 0.6) is 5.75 Å². The molecule has 7 heteroatoms. The predicted molar refractivity (Wildman–Crippen MR) is 117 cm³/mol. The Kier molecular flexibility index (Phi) is 6.83. The molecule has 1 amide bonds. The van der Waals surface area contributed by atoms with Gasteiger partial charge in [0.05, 0.1) is 18.0 Å². The summed E-state index contributed by atoms with van der Waals surface area (Å²) < 4.78 is 32.8. The molecule has 0 bridgehead atoms. The second-order valence-electron chi connectivity index (χ2n) is 7.95. The molecule has 0 radical (unpaired) electrons. The lowest BCUT2D eigenvalue weighted by Crippen LogP contribution is -2.43. The molecular formula is C23H30N2O4S. The van der Waals surface area contributed by atoms with Gasteiger partial charge >= 0.3 is 0 Å². The smallest absolute Gasteiger partial charge is 0.243 e. The van der Waals surface area contributed by atoms with Gasteiger partial charge in [0.2, 0.25) is 15.9 Å². The second-order valence-corrected chi connectivity index (χ2v) is 9.86. The molecule has 3 rings (SSSR count). The molecule has 1 saturated heterocycles. The number of nitrogens with zero attached hydrogens (tertiary/aromatic N) is 1. The van der Waals surface area contributed by atoms with Crippen molar-refractivity contribution in [2.45, 2.75) is 44.6 Å². The molecule has 1 aliphatic rings. The van der Waals surface area contributed by atoms with Gasteiger partial charge in [-0.05, 0) is 68.5 Å². The Bertz CT molecular complexity index is 994. The molecule has 0 saturated carbocycles. The van der Waals surface area contributed by atoms with E-state index in [1.807, 2.05) is 57.2 Å². The topological polar surface area (TPSA) is 75.7 Å². The minimum Gasteiger partial charge on any atom is -0.497 e. The molecule has 6 nitrogen and oxygen atoms in total. The van der Waals surface area contributed by atoms with Crippen molar-refractivity contribution in [1.29, 1.82) is 0 Å². The van der Waals surface area contributed by atoms with Gasteiger partial charge in [0, 0.05) is 19.0 Å². The minimum absolute atomic E-state index is 0.0258. The first-order chi connectivity index (χ1) is 14.2. The Morgan fingerprint density at radius 1 is 1.10 bits per heavy atom. The third-order valence-electron chi connectivity index (χ3n) is 5.76. The van der Waals surface area contributed by atoms with E-state index in [1.165, 1.54) is 4.31 Å². The number of methoxy groups -OCH3 is 1. The first-order valence-electron chi connectivity index (χ1n) is 10.2. The van der Waals surface area contributed by atoms with Crippen molar-refractivity contribution in [2.24, 2.45) is 5.92 Å². The molecule has 2 aromatic carbocycles. The van der Waals surface area contributed by atoms with Gasteiger partial charge in [-0.2, -0.15) is 4.31 Å². The average Bonchev–Trinajstić information content (AvgIpc) is 2.75. The van der Waals surface area contributed by atoms with Crippen LogP contribution in [0.4, 0.5) is 0 Å². The number of hydrogen-bond acceptors (Lipinski definition) is 4. The van der Waals surface area contributed by atoms with E-state index in [9.17, 15) is 13.2 Å². The van der Waals surface area contributed by atoms with E-state index < -0.39 is 10.0 Å². The number of carbonyl (C=O) groups is 1. The highest BCUT2D eigenvalue weighted by Gasteiger charge is 2.33. The molecule has 1 N–H and O–H groups in total. The maximum absolute atomic E-state index is 13.1. The number of carbonyl (C=O) groups excluding carboxylic acids is 1. The lowest BCUT2D eigenvalue weighted by atomic mass is 9.96. The first kappa shape index (κ1) is 22.3. The highest BCUT2D eigenvalue weighted by Crippen LogP contribution is 2.27. The van der Waals surface area contributed by atoms with Crippen molar-refractivity contribution < 1.29 is 17.9 Å². The highest BCUT2D eigenvalue weighted by atomic mass is 32.2. The molecular weight excluding hydrogens is 400 g/mol. The maximum Gasteiger partial charge on any atom is 0.243 e. The summed E-state index contributed by atoms with van der Waals surface area (Å²) in [6.07, 6.45) is 1.04. The number of benzene rings is 2. The number of nitrogens with one attached hydrogen (secondary N) is 1. The lowest BCUT2D eigenvalue weighted by Gasteiger charge is -2.31. The molecule has 1 atom stereocenters. The zero-order chi connectivity index (χ0) is 21.9. The van der Waals surface area contributed by atoms with Crippen molar-refractivity contribution >= 4 is 15.9 Å². The van der Waals surface area contributed by atoms with Crippen LogP contribution in [0.1, 0.15) is 42.5 Å². The molecule has 2 aromatic rings. The van der Waals surface area contributed by atoms with Crippen molar-refractivity contribution in [1.82, 2.24) is 9.62 Å². The summed E-state index contributed by atoms with van der Waals surface area (Å²) in [6.45, 7) is 6.35. The average molecular weight is 431 g/mol. The summed E-state index contributed by atoms with van der Waals surface area (Å²) in [5, 5.41) is 3.06. The van der Waals surface area contributed by atoms with Crippen LogP contribution >= 0.6 is 0 Å². The largest absolute Gasteiger partial charge is 0.497 e. The SMILES string of the molecule is COc1ccc([C@@H](C)NC(=O)C2CCN(S(=O)(=O)c3cc(C)ccc3C)CC2)cc1. The van der Waals surface area contributed by atoms with Gasteiger partial charge in [-0.1, -0.05) is 24.3 Å². The number of ether oxygens (including phenoxy) is 1. The Balaban J connectivity index is 1.60. The van der Waals surface area contributed by atoms with Gasteiger partial charge < -0.3 is 10.1 Å². The third-order valence-corrected chi connectivity index (χ3v) is 7.80. The monoisotopic (exact) mass is 430 g/mol. The Morgan fingerprint density at radius 2 is 1.73 bits per heavy atom. The van der Waals surface area contributed by atoms with Gasteiger partial charge in [-0.25, -0.2) is 8.42 Å². The van der Waals surface area contributed by atoms with Crippen molar-refractivity contribution in [3.63, 3.8) is 0 Å². The van der Waals surface area contributed by atoms with E-state index in [1.54, 1.807) is 13.2 Å². The zero-order valence-electron chi connectivity index (χ0n) is 18.0. The molecule has 0 unspecified atom stereocenters. The molecule has 0 aliphatic carbocycles. The Hall–Kier alpha value is -2.38. The normalized spacial score (nSPS) is 16.8. The molecule has 30 heavy (non-hydrogen) atoms. The summed E-state index contributed by atoms with van der Waals surface area (Å²) in [5.41, 5.74) is 2.66. The van der Waals surface area contributed by atoms with E-state index in [2.05, 4.69) is 5.32 Å². The van der Waals surface area contributed by atoms with E-state index in [4.69, 9.17) is 4.74 Å². The second kappa shape index (κ2) is 9.18. The van der Waals surface area contributed by atoms with E-state index in [0.717, 1.165) is 22.4 Å². The zero-order valence-corrected chi connectivity index (χ0v) is 18.8. The van der Waals surface area contributed by atoms with Crippen molar-refractivity contribution in [3.8, 4) is 5.75 Å². The number of aryl methyl sites for hydroxylation is 2. The molecule has 1 fully saturated rings. The van der Waals surface area contributed by atoms with E-state index >= 15 is 0 Å². The van der Waals surface area contributed by atoms with Gasteiger partial charge in [-0.3, -0.25) is 4.79 Å². The summed E-state index contributed by atoms with van der Waals surface area (Å²) in [5.74, 6) is 0.563. The lowest BCUT2D eigenvalue weighted by molar-refractivity contribution is -0.126. The molecule has 162 valence electrons. The quantitative estimate of drug-likeness (QED) is 0.760. The van der Waals surface area contributed by atoms with Crippen LogP contribution in [0.3, 0.4) is 0 Å². The van der Waals surface area contributed by atoms with Crippen LogP contribution < -0.4 is 10.1 Å². The minimum atomic E-state index is -3.55. The Labute approximate surface area is 179 Å². The van der Waals surface area contributed by atoms with Crippen LogP contribution in [0.2, 0.25) is 0 Å². The maximum atomic E-state index is 13.1. The first-order valence-corrected chi connectivity index (χ1v) is 11.7. The van der Waals surface area contributed by atoms with Gasteiger partial charge in [0.25, 0.3) is 0 Å². The molecule has 0 aromatic heterocycles. The van der Waals surface area contributed by atoms with Gasteiger partial charge in [-0.15, -0.1) is 0 Å². The van der Waals surface area contributed by atoms with Crippen LogP contribution in [0.25, 0.3) is 0 Å². The number of amides is 1. The van der Waals surface area contributed by atoms with Gasteiger partial charge in [0.1, 0.15) is 5.75 Å². The molecule has 0 spiro atoms. The Morgan fingerprint density at radius 3 is 2.33 bits per heavy atom. The number of sulfonamides is 1. The van der Waals surface area contributed by atoms with Gasteiger partial charge in [0.15, 0.2) is 0 Å². The van der Waals surface area contributed by atoms with Crippen molar-refractivity contribution in [3.05, 3.63) is 59.2 Å². The fourth-order valence-electron chi connectivity index (χ4n) is 3.79.